The second-order valence-electron chi connectivity index (χ2n) is 13.9. The first-order valence-corrected chi connectivity index (χ1v) is 18.8. The molecule has 0 bridgehead atoms. The maximum Gasteiger partial charge on any atom is 0.152 e. The monoisotopic (exact) mass is 692 g/mol. The standard InChI is InChI=1S/C50H28O2S/c1-2-14-30(15-3-1)42-28-31-27-40(47-37-21-10-11-24-43(37)53-50(47)48(31)52-42)45-35-19-8-6-17-33(35)44(34-18-7-9-20-36(34)45)38-22-12-23-39-46-32-16-5-4-13-29(32)25-26-41(46)51-49(38)39/h1-28H. The summed E-state index contributed by atoms with van der Waals surface area (Å²) in [5.74, 6) is 0.883. The van der Waals surface area contributed by atoms with Crippen LogP contribution in [0.5, 0.6) is 0 Å². The zero-order chi connectivity index (χ0) is 34.6. The van der Waals surface area contributed by atoms with Crippen LogP contribution in [0.15, 0.2) is 179 Å². The van der Waals surface area contributed by atoms with Gasteiger partial charge in [-0.15, -0.1) is 11.3 Å². The van der Waals surface area contributed by atoms with Crippen LogP contribution in [-0.4, -0.2) is 0 Å². The van der Waals surface area contributed by atoms with Crippen molar-refractivity contribution in [2.75, 3.05) is 0 Å². The van der Waals surface area contributed by atoms with E-state index in [1.807, 2.05) is 17.4 Å². The van der Waals surface area contributed by atoms with Crippen molar-refractivity contribution in [1.29, 1.82) is 0 Å². The van der Waals surface area contributed by atoms with Crippen LogP contribution in [0.2, 0.25) is 0 Å². The second kappa shape index (κ2) is 10.9. The second-order valence-corrected chi connectivity index (χ2v) is 15.0. The van der Waals surface area contributed by atoms with Crippen molar-refractivity contribution in [2.24, 2.45) is 0 Å². The lowest BCUT2D eigenvalue weighted by atomic mass is 9.84. The van der Waals surface area contributed by atoms with Gasteiger partial charge < -0.3 is 8.83 Å². The molecule has 3 heteroatoms. The molecular weight excluding hydrogens is 665 g/mol. The fraction of sp³-hybridized carbons (Fsp3) is 0. The van der Waals surface area contributed by atoms with Crippen LogP contribution in [0.1, 0.15) is 0 Å². The maximum atomic E-state index is 6.83. The van der Waals surface area contributed by atoms with Crippen LogP contribution in [-0.2, 0) is 0 Å². The number of hydrogen-bond acceptors (Lipinski definition) is 3. The molecule has 0 unspecified atom stereocenters. The van der Waals surface area contributed by atoms with Crippen LogP contribution < -0.4 is 0 Å². The molecule has 246 valence electrons. The number of para-hydroxylation sites is 1. The molecule has 0 spiro atoms. The summed E-state index contributed by atoms with van der Waals surface area (Å²) in [5.41, 5.74) is 8.60. The number of rotatable bonds is 3. The number of benzene rings is 9. The molecule has 12 rings (SSSR count). The average Bonchev–Trinajstić information content (AvgIpc) is 3.94. The van der Waals surface area contributed by atoms with Crippen molar-refractivity contribution in [3.05, 3.63) is 170 Å². The summed E-state index contributed by atoms with van der Waals surface area (Å²) in [6, 6.07) is 61.1. The molecule has 0 radical (unpaired) electrons. The lowest BCUT2D eigenvalue weighted by Crippen LogP contribution is -1.91. The van der Waals surface area contributed by atoms with Gasteiger partial charge in [-0.25, -0.2) is 0 Å². The Kier molecular flexibility index (Phi) is 5.96. The molecule has 0 N–H and O–H groups in total. The fourth-order valence-electron chi connectivity index (χ4n) is 8.81. The van der Waals surface area contributed by atoms with E-state index in [2.05, 4.69) is 164 Å². The lowest BCUT2D eigenvalue weighted by Gasteiger charge is -2.18. The van der Waals surface area contributed by atoms with Gasteiger partial charge in [0.1, 0.15) is 16.9 Å². The molecule has 3 aromatic heterocycles. The van der Waals surface area contributed by atoms with Crippen LogP contribution in [0.4, 0.5) is 0 Å². The molecule has 0 aliphatic carbocycles. The van der Waals surface area contributed by atoms with Crippen molar-refractivity contribution in [3.63, 3.8) is 0 Å². The fourth-order valence-corrected chi connectivity index (χ4v) is 10.0. The Hall–Kier alpha value is -6.68. The van der Waals surface area contributed by atoms with Gasteiger partial charge in [0, 0.05) is 48.3 Å². The summed E-state index contributed by atoms with van der Waals surface area (Å²) < 4.78 is 16.0. The average molecular weight is 693 g/mol. The predicted octanol–water partition coefficient (Wildman–Crippen LogP) is 15.2. The van der Waals surface area contributed by atoms with Crippen LogP contribution in [0, 0.1) is 0 Å². The van der Waals surface area contributed by atoms with Crippen LogP contribution in [0.3, 0.4) is 0 Å². The Bertz CT molecular complexity index is 3390. The van der Waals surface area contributed by atoms with Crippen molar-refractivity contribution in [2.45, 2.75) is 0 Å². The first kappa shape index (κ1) is 29.0. The number of fused-ring (bicyclic) bond motifs is 12. The smallest absolute Gasteiger partial charge is 0.152 e. The first-order valence-electron chi connectivity index (χ1n) is 18.0. The highest BCUT2D eigenvalue weighted by molar-refractivity contribution is 7.26. The van der Waals surface area contributed by atoms with Gasteiger partial charge in [0.05, 0.1) is 4.70 Å². The minimum Gasteiger partial charge on any atom is -0.455 e. The highest BCUT2D eigenvalue weighted by Crippen LogP contribution is 2.51. The summed E-state index contributed by atoms with van der Waals surface area (Å²) in [4.78, 5) is 0. The Labute approximate surface area is 307 Å². The van der Waals surface area contributed by atoms with Crippen molar-refractivity contribution in [1.82, 2.24) is 0 Å². The first-order chi connectivity index (χ1) is 26.3. The zero-order valence-corrected chi connectivity index (χ0v) is 29.2. The lowest BCUT2D eigenvalue weighted by molar-refractivity contribution is 0.635. The van der Waals surface area contributed by atoms with E-state index in [-0.39, 0.29) is 0 Å². The molecule has 0 atom stereocenters. The normalized spacial score (nSPS) is 12.2. The minimum absolute atomic E-state index is 0.883. The Morgan fingerprint density at radius 1 is 0.377 bits per heavy atom. The molecule has 0 saturated heterocycles. The van der Waals surface area contributed by atoms with E-state index in [1.165, 1.54) is 74.6 Å². The van der Waals surface area contributed by atoms with Gasteiger partial charge in [0.25, 0.3) is 0 Å². The van der Waals surface area contributed by atoms with E-state index in [9.17, 15) is 0 Å². The Morgan fingerprint density at radius 3 is 1.75 bits per heavy atom. The third-order valence-electron chi connectivity index (χ3n) is 11.0. The van der Waals surface area contributed by atoms with Gasteiger partial charge in [-0.1, -0.05) is 146 Å². The molecule has 0 amide bonds. The van der Waals surface area contributed by atoms with E-state index >= 15 is 0 Å². The van der Waals surface area contributed by atoms with Gasteiger partial charge in [-0.3, -0.25) is 0 Å². The highest BCUT2D eigenvalue weighted by Gasteiger charge is 2.24. The maximum absolute atomic E-state index is 6.83. The number of furan rings is 2. The van der Waals surface area contributed by atoms with Gasteiger partial charge >= 0.3 is 0 Å². The van der Waals surface area contributed by atoms with Gasteiger partial charge in [-0.2, -0.15) is 0 Å². The summed E-state index contributed by atoms with van der Waals surface area (Å²) in [6.07, 6.45) is 0. The predicted molar refractivity (Wildman–Crippen MR) is 225 cm³/mol. The number of thiophene rings is 1. The Morgan fingerprint density at radius 2 is 1.00 bits per heavy atom. The van der Waals surface area contributed by atoms with Crippen molar-refractivity contribution in [3.8, 4) is 33.6 Å². The van der Waals surface area contributed by atoms with Crippen molar-refractivity contribution >= 4 is 96.7 Å². The van der Waals surface area contributed by atoms with Crippen LogP contribution >= 0.6 is 11.3 Å². The minimum atomic E-state index is 0.883. The molecule has 0 aliphatic rings. The van der Waals surface area contributed by atoms with E-state index < -0.39 is 0 Å². The summed E-state index contributed by atoms with van der Waals surface area (Å²) in [5, 5.41) is 13.1. The number of hydrogen-bond donors (Lipinski definition) is 0. The third kappa shape index (κ3) is 4.08. The Balaban J connectivity index is 1.22. The third-order valence-corrected chi connectivity index (χ3v) is 12.2. The van der Waals surface area contributed by atoms with Crippen LogP contribution in [0.25, 0.3) is 119 Å². The largest absolute Gasteiger partial charge is 0.455 e. The molecule has 0 fully saturated rings. The molecule has 12 aromatic rings. The molecule has 53 heavy (non-hydrogen) atoms. The van der Waals surface area contributed by atoms with Gasteiger partial charge in [-0.05, 0) is 67.7 Å². The molecule has 9 aromatic carbocycles. The zero-order valence-electron chi connectivity index (χ0n) is 28.4. The molecule has 0 saturated carbocycles. The molecule has 3 heterocycles. The SMILES string of the molecule is c1ccc(-c2cc3cc(-c4c5ccccc5c(-c5cccc6c5oc5ccc7ccccc7c56)c5ccccc45)c4c5ccccc5sc4c3o2)cc1. The summed E-state index contributed by atoms with van der Waals surface area (Å²) >= 11 is 1.82. The van der Waals surface area contributed by atoms with Gasteiger partial charge in [0.2, 0.25) is 0 Å². The van der Waals surface area contributed by atoms with Gasteiger partial charge in [0.15, 0.2) is 5.58 Å². The molecular formula is C50H28O2S. The topological polar surface area (TPSA) is 26.3 Å². The van der Waals surface area contributed by atoms with E-state index in [0.29, 0.717) is 0 Å². The van der Waals surface area contributed by atoms with E-state index in [4.69, 9.17) is 8.83 Å². The summed E-state index contributed by atoms with van der Waals surface area (Å²) in [7, 11) is 0. The highest BCUT2D eigenvalue weighted by atomic mass is 32.1. The summed E-state index contributed by atoms with van der Waals surface area (Å²) in [6.45, 7) is 0. The van der Waals surface area contributed by atoms with Crippen molar-refractivity contribution < 1.29 is 8.83 Å². The van der Waals surface area contributed by atoms with E-state index in [1.54, 1.807) is 0 Å². The molecule has 2 nitrogen and oxygen atoms in total. The van der Waals surface area contributed by atoms with E-state index in [0.717, 1.165) is 44.4 Å². The molecule has 0 aliphatic heterocycles. The quantitative estimate of drug-likeness (QED) is 0.172.